The van der Waals surface area contributed by atoms with Crippen molar-refractivity contribution in [3.8, 4) is 0 Å². The Kier molecular flexibility index (Phi) is 44.2. The van der Waals surface area contributed by atoms with Crippen LogP contribution in [0.2, 0.25) is 0 Å². The molecular weight excluding hydrogens is 757 g/mol. The van der Waals surface area contributed by atoms with Crippen molar-refractivity contribution in [2.75, 3.05) is 6.61 Å². The topological polar surface area (TPSA) is 112 Å². The normalized spacial score (nSPS) is 13.8. The monoisotopic (exact) mass is 861 g/mol. The molecule has 0 bridgehead atoms. The molecule has 0 fully saturated rings. The van der Waals surface area contributed by atoms with Gasteiger partial charge in [-0.05, 0) is 44.9 Å². The molecule has 6 heteroatoms. The van der Waals surface area contributed by atoms with E-state index in [1.807, 2.05) is 0 Å². The smallest absolute Gasteiger partial charge is 0.178 e. The van der Waals surface area contributed by atoms with Crippen LogP contribution >= 0.6 is 0 Å². The van der Waals surface area contributed by atoms with Crippen LogP contribution in [0.15, 0.2) is 12.2 Å². The molecule has 3 N–H and O–H groups in total. The van der Waals surface area contributed by atoms with Crippen molar-refractivity contribution in [3.05, 3.63) is 12.2 Å². The minimum absolute atomic E-state index is 0.0178. The van der Waals surface area contributed by atoms with Crippen molar-refractivity contribution in [2.24, 2.45) is 5.92 Å². The van der Waals surface area contributed by atoms with E-state index in [0.29, 0.717) is 25.7 Å². The number of hydrogen-bond donors (Lipinski definition) is 3. The first-order chi connectivity index (χ1) is 29.8. The van der Waals surface area contributed by atoms with E-state index in [2.05, 4.69) is 32.9 Å². The van der Waals surface area contributed by atoms with Gasteiger partial charge in [0.1, 0.15) is 5.78 Å². The summed E-state index contributed by atoms with van der Waals surface area (Å²) in [6.45, 7) is 5.72. The summed E-state index contributed by atoms with van der Waals surface area (Å²) in [7, 11) is 0. The van der Waals surface area contributed by atoms with Crippen LogP contribution in [-0.4, -0.2) is 51.0 Å². The highest BCUT2D eigenvalue weighted by Gasteiger charge is 2.48. The molecule has 0 aliphatic heterocycles. The second-order valence-electron chi connectivity index (χ2n) is 19.0. The molecule has 0 aliphatic carbocycles. The van der Waals surface area contributed by atoms with Crippen LogP contribution in [0.3, 0.4) is 0 Å². The molecule has 0 saturated carbocycles. The lowest BCUT2D eigenvalue weighted by atomic mass is 9.80. The number of rotatable bonds is 50. The van der Waals surface area contributed by atoms with E-state index in [-0.39, 0.29) is 18.6 Å². The molecule has 0 aliphatic rings. The van der Waals surface area contributed by atoms with Gasteiger partial charge in [0.2, 0.25) is 0 Å². The minimum Gasteiger partial charge on any atom is -0.393 e. The molecule has 0 aromatic carbocycles. The Morgan fingerprint density at radius 1 is 0.426 bits per heavy atom. The Morgan fingerprint density at radius 3 is 1.07 bits per heavy atom. The Hall–Kier alpha value is -1.37. The SMILES string of the molecule is CCCCCCCCC=CCCCCCCCC(=O)C(O)(CO)C(O)C(=O)C(CCCCCCCCCCCCCC)C(=O)CCCCCCCCCCCCCCCCC. The molecule has 360 valence electrons. The maximum Gasteiger partial charge on any atom is 0.178 e. The first-order valence-corrected chi connectivity index (χ1v) is 27.1. The molecule has 0 amide bonds. The third kappa shape index (κ3) is 34.7. The van der Waals surface area contributed by atoms with Crippen molar-refractivity contribution in [2.45, 2.75) is 309 Å². The highest BCUT2D eigenvalue weighted by atomic mass is 16.4. The van der Waals surface area contributed by atoms with Gasteiger partial charge >= 0.3 is 0 Å². The van der Waals surface area contributed by atoms with Crippen LogP contribution in [0.25, 0.3) is 0 Å². The van der Waals surface area contributed by atoms with Crippen LogP contribution in [0, 0.1) is 5.92 Å². The zero-order valence-corrected chi connectivity index (χ0v) is 41.0. The fourth-order valence-corrected chi connectivity index (χ4v) is 8.82. The minimum atomic E-state index is -2.58. The number of allylic oxidation sites excluding steroid dienone is 2. The summed E-state index contributed by atoms with van der Waals surface area (Å²) in [6, 6.07) is 0. The van der Waals surface area contributed by atoms with E-state index in [0.717, 1.165) is 77.0 Å². The van der Waals surface area contributed by atoms with Crippen molar-refractivity contribution >= 4 is 17.3 Å². The van der Waals surface area contributed by atoms with E-state index >= 15 is 0 Å². The number of unbranched alkanes of at least 4 members (excludes halogenated alkanes) is 36. The highest BCUT2D eigenvalue weighted by molar-refractivity contribution is 6.07. The first kappa shape index (κ1) is 59.6. The zero-order chi connectivity index (χ0) is 44.9. The van der Waals surface area contributed by atoms with Crippen LogP contribution in [0.5, 0.6) is 0 Å². The number of ketones is 3. The lowest BCUT2D eigenvalue weighted by Gasteiger charge is -2.31. The highest BCUT2D eigenvalue weighted by Crippen LogP contribution is 2.25. The summed E-state index contributed by atoms with van der Waals surface area (Å²) >= 11 is 0. The molecular formula is C55H104O6. The quantitative estimate of drug-likeness (QED) is 0.0319. The predicted molar refractivity (Wildman–Crippen MR) is 261 cm³/mol. The maximum atomic E-state index is 13.8. The van der Waals surface area contributed by atoms with Crippen LogP contribution in [0.4, 0.5) is 0 Å². The fraction of sp³-hybridized carbons (Fsp3) is 0.909. The summed E-state index contributed by atoms with van der Waals surface area (Å²) in [4.78, 5) is 40.7. The summed E-state index contributed by atoms with van der Waals surface area (Å²) < 4.78 is 0. The summed E-state index contributed by atoms with van der Waals surface area (Å²) in [5.41, 5.74) is -2.58. The van der Waals surface area contributed by atoms with Crippen LogP contribution in [-0.2, 0) is 14.4 Å². The lowest BCUT2D eigenvalue weighted by Crippen LogP contribution is -2.57. The molecule has 0 radical (unpaired) electrons. The average Bonchev–Trinajstić information content (AvgIpc) is 3.27. The molecule has 0 rings (SSSR count). The summed E-state index contributed by atoms with van der Waals surface area (Å²) in [6.07, 6.45) is 50.2. The van der Waals surface area contributed by atoms with Crippen LogP contribution in [0.1, 0.15) is 297 Å². The van der Waals surface area contributed by atoms with Gasteiger partial charge in [0, 0.05) is 12.8 Å². The summed E-state index contributed by atoms with van der Waals surface area (Å²) in [5, 5.41) is 32.7. The van der Waals surface area contributed by atoms with Gasteiger partial charge < -0.3 is 15.3 Å². The van der Waals surface area contributed by atoms with E-state index in [9.17, 15) is 29.7 Å². The number of hydrogen-bond acceptors (Lipinski definition) is 6. The standard InChI is InChI=1S/C55H104O6/c1-4-7-10-13-16-19-22-25-27-29-32-35-38-41-44-47-51(57)50(46-43-40-37-34-31-24-21-18-15-12-9-6-3)53(59)54(60)55(61,49-56)52(58)48-45-42-39-36-33-30-28-26-23-20-17-14-11-8-5-2/h26,28,50,54,56,60-61H,4-25,27,29-49H2,1-3H3. The first-order valence-electron chi connectivity index (χ1n) is 27.1. The van der Waals surface area contributed by atoms with E-state index in [4.69, 9.17) is 0 Å². The maximum absolute atomic E-state index is 13.8. The van der Waals surface area contributed by atoms with Gasteiger partial charge in [-0.3, -0.25) is 14.4 Å². The van der Waals surface area contributed by atoms with Crippen molar-refractivity contribution in [1.82, 2.24) is 0 Å². The second kappa shape index (κ2) is 45.2. The molecule has 3 unspecified atom stereocenters. The molecule has 6 nitrogen and oxygen atoms in total. The second-order valence-corrected chi connectivity index (χ2v) is 19.0. The molecule has 0 spiro atoms. The molecule has 61 heavy (non-hydrogen) atoms. The van der Waals surface area contributed by atoms with Gasteiger partial charge in [0.15, 0.2) is 23.3 Å². The number of aliphatic hydroxyl groups excluding tert-OH is 2. The molecule has 3 atom stereocenters. The Morgan fingerprint density at radius 2 is 0.721 bits per heavy atom. The third-order valence-corrected chi connectivity index (χ3v) is 13.2. The molecule has 0 heterocycles. The van der Waals surface area contributed by atoms with Gasteiger partial charge in [0.05, 0.1) is 12.5 Å². The van der Waals surface area contributed by atoms with Crippen molar-refractivity contribution < 1.29 is 29.7 Å². The van der Waals surface area contributed by atoms with E-state index < -0.39 is 35.8 Å². The van der Waals surface area contributed by atoms with Crippen molar-refractivity contribution in [3.63, 3.8) is 0 Å². The predicted octanol–water partition coefficient (Wildman–Crippen LogP) is 15.8. The van der Waals surface area contributed by atoms with Gasteiger partial charge in [-0.1, -0.05) is 251 Å². The Balaban J connectivity index is 4.82. The molecule has 0 aromatic heterocycles. The lowest BCUT2D eigenvalue weighted by molar-refractivity contribution is -0.168. The van der Waals surface area contributed by atoms with Gasteiger partial charge in [0.25, 0.3) is 0 Å². The number of aliphatic hydroxyl groups is 3. The Labute approximate surface area is 379 Å². The van der Waals surface area contributed by atoms with Gasteiger partial charge in [-0.15, -0.1) is 0 Å². The number of Topliss-reactive ketones (excluding diaryl/α,β-unsaturated/α-hetero) is 3. The van der Waals surface area contributed by atoms with E-state index in [1.54, 1.807) is 0 Å². The van der Waals surface area contributed by atoms with Gasteiger partial charge in [-0.2, -0.15) is 0 Å². The third-order valence-electron chi connectivity index (χ3n) is 13.2. The van der Waals surface area contributed by atoms with E-state index in [1.165, 1.54) is 161 Å². The molecule has 0 aromatic rings. The summed E-state index contributed by atoms with van der Waals surface area (Å²) in [5.74, 6) is -2.78. The number of carbonyl (C=O) groups excluding carboxylic acids is 3. The van der Waals surface area contributed by atoms with Crippen LogP contribution < -0.4 is 0 Å². The Bertz CT molecular complexity index is 1010. The fourth-order valence-electron chi connectivity index (χ4n) is 8.82. The average molecular weight is 861 g/mol. The largest absolute Gasteiger partial charge is 0.393 e. The molecule has 0 saturated heterocycles. The van der Waals surface area contributed by atoms with Crippen molar-refractivity contribution in [1.29, 1.82) is 0 Å². The van der Waals surface area contributed by atoms with Gasteiger partial charge in [-0.25, -0.2) is 0 Å². The zero-order valence-electron chi connectivity index (χ0n) is 41.0. The number of carbonyl (C=O) groups is 3.